The number of fused-ring (bicyclic) bond motifs is 1. The lowest BCUT2D eigenvalue weighted by Crippen LogP contribution is -2.40. The zero-order valence-corrected chi connectivity index (χ0v) is 19.4. The van der Waals surface area contributed by atoms with Crippen LogP contribution in [0.15, 0.2) is 71.6 Å². The Morgan fingerprint density at radius 3 is 2.36 bits per heavy atom. The van der Waals surface area contributed by atoms with E-state index in [4.69, 9.17) is 0 Å². The van der Waals surface area contributed by atoms with Crippen molar-refractivity contribution in [3.05, 3.63) is 95.1 Å². The largest absolute Gasteiger partial charge is 0.378 e. The molecule has 0 amide bonds. The van der Waals surface area contributed by atoms with E-state index in [1.165, 1.54) is 11.1 Å². The normalized spacial score (nSPS) is 15.2. The minimum absolute atomic E-state index is 0.0582. The van der Waals surface area contributed by atoms with Crippen molar-refractivity contribution in [3.63, 3.8) is 0 Å². The van der Waals surface area contributed by atoms with Crippen molar-refractivity contribution in [1.82, 2.24) is 9.62 Å². The molecule has 5 nitrogen and oxygen atoms in total. The van der Waals surface area contributed by atoms with Gasteiger partial charge in [0.1, 0.15) is 16.5 Å². The molecule has 3 aromatic carbocycles. The molecule has 4 rings (SSSR count). The zero-order chi connectivity index (χ0) is 23.6. The van der Waals surface area contributed by atoms with E-state index < -0.39 is 26.6 Å². The predicted octanol–water partition coefficient (Wildman–Crippen LogP) is 4.11. The molecule has 0 unspecified atom stereocenters. The van der Waals surface area contributed by atoms with Crippen molar-refractivity contribution in [3.8, 4) is 0 Å². The van der Waals surface area contributed by atoms with E-state index in [1.54, 1.807) is 0 Å². The topological polar surface area (TPSA) is 52.7 Å². The Labute approximate surface area is 193 Å². The van der Waals surface area contributed by atoms with Crippen LogP contribution in [-0.2, 0) is 23.0 Å². The molecule has 1 aliphatic rings. The lowest BCUT2D eigenvalue weighted by Gasteiger charge is -2.36. The van der Waals surface area contributed by atoms with E-state index >= 15 is 0 Å². The monoisotopic (exact) mass is 471 g/mol. The van der Waals surface area contributed by atoms with Gasteiger partial charge < -0.3 is 4.90 Å². The van der Waals surface area contributed by atoms with Crippen molar-refractivity contribution in [2.75, 3.05) is 32.1 Å². The Morgan fingerprint density at radius 1 is 1.00 bits per heavy atom. The number of halogens is 2. The highest BCUT2D eigenvalue weighted by Crippen LogP contribution is 2.29. The van der Waals surface area contributed by atoms with E-state index in [9.17, 15) is 17.2 Å². The third-order valence-electron chi connectivity index (χ3n) is 6.05. The fraction of sp³-hybridized carbons (Fsp3) is 0.280. The number of benzene rings is 3. The maximum absolute atomic E-state index is 14.2. The first-order valence-electron chi connectivity index (χ1n) is 10.8. The summed E-state index contributed by atoms with van der Waals surface area (Å²) in [5.41, 5.74) is 4.51. The average Bonchev–Trinajstić information content (AvgIpc) is 2.79. The third-order valence-corrected chi connectivity index (χ3v) is 7.50. The van der Waals surface area contributed by atoms with Gasteiger partial charge in [0, 0.05) is 51.5 Å². The summed E-state index contributed by atoms with van der Waals surface area (Å²) in [6.45, 7) is 1.51. The second-order valence-corrected chi connectivity index (χ2v) is 10.2. The summed E-state index contributed by atoms with van der Waals surface area (Å²) >= 11 is 0. The summed E-state index contributed by atoms with van der Waals surface area (Å²) in [4.78, 5) is 3.67. The van der Waals surface area contributed by atoms with Crippen LogP contribution >= 0.6 is 0 Å². The Kier molecular flexibility index (Phi) is 6.78. The first kappa shape index (κ1) is 23.4. The van der Waals surface area contributed by atoms with Gasteiger partial charge in [-0.05, 0) is 47.4 Å². The Bertz CT molecular complexity index is 1230. The lowest BCUT2D eigenvalue weighted by molar-refractivity contribution is 0.180. The second-order valence-electron chi connectivity index (χ2n) is 8.42. The summed E-state index contributed by atoms with van der Waals surface area (Å²) < 4.78 is 55.6. The fourth-order valence-corrected chi connectivity index (χ4v) is 5.29. The van der Waals surface area contributed by atoms with Crippen LogP contribution in [-0.4, -0.2) is 40.5 Å². The standard InChI is InChI=1S/C25H27F2N3O2S/c1-29(2)22-10-7-19(8-11-22)24(30-14-13-18-5-3-4-6-20(18)17-30)16-28-33(31,32)25-12-9-21(26)15-23(25)27/h3-12,15,24,28H,13-14,16-17H2,1-2H3/t24-/m0/s1. The van der Waals surface area contributed by atoms with Gasteiger partial charge in [-0.15, -0.1) is 0 Å². The molecule has 0 fully saturated rings. The maximum Gasteiger partial charge on any atom is 0.243 e. The number of hydrogen-bond acceptors (Lipinski definition) is 4. The molecule has 1 aliphatic heterocycles. The highest BCUT2D eigenvalue weighted by Gasteiger charge is 2.27. The van der Waals surface area contributed by atoms with Gasteiger partial charge in [-0.2, -0.15) is 0 Å². The predicted molar refractivity (Wildman–Crippen MR) is 126 cm³/mol. The summed E-state index contributed by atoms with van der Waals surface area (Å²) in [7, 11) is -0.243. The van der Waals surface area contributed by atoms with Gasteiger partial charge in [0.2, 0.25) is 10.0 Å². The number of nitrogens with one attached hydrogen (secondary N) is 1. The zero-order valence-electron chi connectivity index (χ0n) is 18.6. The van der Waals surface area contributed by atoms with Gasteiger partial charge >= 0.3 is 0 Å². The number of hydrogen-bond donors (Lipinski definition) is 1. The average molecular weight is 472 g/mol. The van der Waals surface area contributed by atoms with E-state index in [1.807, 2.05) is 55.4 Å². The summed E-state index contributed by atoms with van der Waals surface area (Å²) in [6.07, 6.45) is 0.863. The van der Waals surface area contributed by atoms with Crippen molar-refractivity contribution in [2.45, 2.75) is 23.9 Å². The van der Waals surface area contributed by atoms with E-state index in [0.29, 0.717) is 12.6 Å². The van der Waals surface area contributed by atoms with Crippen LogP contribution in [0.5, 0.6) is 0 Å². The highest BCUT2D eigenvalue weighted by molar-refractivity contribution is 7.89. The third kappa shape index (κ3) is 5.24. The molecule has 174 valence electrons. The van der Waals surface area contributed by atoms with Crippen LogP contribution in [0.2, 0.25) is 0 Å². The number of rotatable bonds is 7. The van der Waals surface area contributed by atoms with Gasteiger partial charge in [-0.3, -0.25) is 4.90 Å². The maximum atomic E-state index is 14.2. The molecular weight excluding hydrogens is 444 g/mol. The van der Waals surface area contributed by atoms with Crippen LogP contribution in [0, 0.1) is 11.6 Å². The highest BCUT2D eigenvalue weighted by atomic mass is 32.2. The van der Waals surface area contributed by atoms with E-state index in [2.05, 4.69) is 21.8 Å². The molecule has 0 radical (unpaired) electrons. The Balaban J connectivity index is 1.61. The van der Waals surface area contributed by atoms with Crippen LogP contribution < -0.4 is 9.62 Å². The molecule has 0 spiro atoms. The minimum Gasteiger partial charge on any atom is -0.378 e. The number of nitrogens with zero attached hydrogens (tertiary/aromatic N) is 2. The summed E-state index contributed by atoms with van der Waals surface area (Å²) in [5, 5.41) is 0. The molecule has 1 heterocycles. The van der Waals surface area contributed by atoms with Crippen LogP contribution in [0.3, 0.4) is 0 Å². The van der Waals surface area contributed by atoms with E-state index in [-0.39, 0.29) is 12.6 Å². The fourth-order valence-electron chi connectivity index (χ4n) is 4.20. The summed E-state index contributed by atoms with van der Waals surface area (Å²) in [6, 6.07) is 18.4. The molecular formula is C25H27F2N3O2S. The minimum atomic E-state index is -4.16. The molecule has 0 aromatic heterocycles. The smallest absolute Gasteiger partial charge is 0.243 e. The number of sulfonamides is 1. The van der Waals surface area contributed by atoms with Gasteiger partial charge in [-0.1, -0.05) is 36.4 Å². The first-order chi connectivity index (χ1) is 15.7. The molecule has 1 N–H and O–H groups in total. The van der Waals surface area contributed by atoms with Crippen molar-refractivity contribution < 1.29 is 17.2 Å². The van der Waals surface area contributed by atoms with Crippen molar-refractivity contribution in [1.29, 1.82) is 0 Å². The molecule has 1 atom stereocenters. The molecule has 0 saturated carbocycles. The molecule has 0 aliphatic carbocycles. The van der Waals surface area contributed by atoms with E-state index in [0.717, 1.165) is 36.3 Å². The summed E-state index contributed by atoms with van der Waals surface area (Å²) in [5.74, 6) is -1.93. The first-order valence-corrected chi connectivity index (χ1v) is 12.3. The quantitative estimate of drug-likeness (QED) is 0.564. The van der Waals surface area contributed by atoms with Crippen molar-refractivity contribution in [2.24, 2.45) is 0 Å². The van der Waals surface area contributed by atoms with Gasteiger partial charge in [0.15, 0.2) is 0 Å². The second kappa shape index (κ2) is 9.59. The molecule has 3 aromatic rings. The molecule has 0 bridgehead atoms. The van der Waals surface area contributed by atoms with Crippen molar-refractivity contribution >= 4 is 15.7 Å². The van der Waals surface area contributed by atoms with Gasteiger partial charge in [-0.25, -0.2) is 21.9 Å². The lowest BCUT2D eigenvalue weighted by atomic mass is 9.96. The Morgan fingerprint density at radius 2 is 1.70 bits per heavy atom. The molecule has 0 saturated heterocycles. The van der Waals surface area contributed by atoms with Crippen LogP contribution in [0.4, 0.5) is 14.5 Å². The van der Waals surface area contributed by atoms with Gasteiger partial charge in [0.05, 0.1) is 0 Å². The van der Waals surface area contributed by atoms with Crippen LogP contribution in [0.25, 0.3) is 0 Å². The number of anilines is 1. The Hall–Kier alpha value is -2.81. The van der Waals surface area contributed by atoms with Crippen LogP contribution in [0.1, 0.15) is 22.7 Å². The molecule has 33 heavy (non-hydrogen) atoms. The SMILES string of the molecule is CN(C)c1ccc([C@H](CNS(=O)(=O)c2ccc(F)cc2F)N2CCc3ccccc3C2)cc1. The molecule has 8 heteroatoms. The van der Waals surface area contributed by atoms with Gasteiger partial charge in [0.25, 0.3) is 0 Å².